The Hall–Kier alpha value is -2.93. The van der Waals surface area contributed by atoms with Crippen LogP contribution in [-0.4, -0.2) is 53.8 Å². The lowest BCUT2D eigenvalue weighted by molar-refractivity contribution is 0.102. The Labute approximate surface area is 194 Å². The zero-order valence-electron chi connectivity index (χ0n) is 17.5. The summed E-state index contributed by atoms with van der Waals surface area (Å²) in [5.41, 5.74) is 0.372. The molecule has 1 unspecified atom stereocenters. The predicted molar refractivity (Wildman–Crippen MR) is 117 cm³/mol. The van der Waals surface area contributed by atoms with Crippen molar-refractivity contribution in [2.75, 3.05) is 18.5 Å². The second-order valence-electron chi connectivity index (χ2n) is 7.39. The maximum atomic E-state index is 14.3. The van der Waals surface area contributed by atoms with Gasteiger partial charge in [0.15, 0.2) is 5.82 Å². The Bertz CT molecular complexity index is 1290. The molecule has 1 aliphatic heterocycles. The van der Waals surface area contributed by atoms with Gasteiger partial charge in [0, 0.05) is 24.4 Å². The molecule has 2 heterocycles. The summed E-state index contributed by atoms with van der Waals surface area (Å²) in [7, 11) is -3.97. The summed E-state index contributed by atoms with van der Waals surface area (Å²) < 4.78 is 48.8. The summed E-state index contributed by atoms with van der Waals surface area (Å²) in [6.45, 7) is 2.32. The summed E-state index contributed by atoms with van der Waals surface area (Å²) in [6, 6.07) is 7.81. The summed E-state index contributed by atoms with van der Waals surface area (Å²) >= 11 is 6.11. The summed E-state index contributed by atoms with van der Waals surface area (Å²) in [5, 5.41) is 13.5. The number of carbonyl (C=O) groups is 1. The van der Waals surface area contributed by atoms with Crippen molar-refractivity contribution in [3.63, 3.8) is 0 Å². The van der Waals surface area contributed by atoms with E-state index in [1.807, 2.05) is 0 Å². The molecule has 0 saturated carbocycles. The van der Waals surface area contributed by atoms with E-state index in [1.165, 1.54) is 41.1 Å². The van der Waals surface area contributed by atoms with Crippen LogP contribution in [0.2, 0.25) is 5.02 Å². The molecule has 33 heavy (non-hydrogen) atoms. The molecule has 0 spiro atoms. The van der Waals surface area contributed by atoms with E-state index in [1.54, 1.807) is 6.92 Å². The minimum absolute atomic E-state index is 0.0235. The quantitative estimate of drug-likeness (QED) is 0.516. The highest BCUT2D eigenvalue weighted by Gasteiger charge is 2.23. The fraction of sp³-hybridized carbons (Fsp3) is 0.300. The van der Waals surface area contributed by atoms with Gasteiger partial charge in [0.2, 0.25) is 10.0 Å². The molecule has 0 radical (unpaired) electrons. The molecule has 174 valence electrons. The number of rotatable bonds is 7. The average Bonchev–Trinajstić information content (AvgIpc) is 3.45. The van der Waals surface area contributed by atoms with Crippen molar-refractivity contribution in [2.24, 2.45) is 0 Å². The number of nitrogens with zero attached hydrogens (tertiary/aromatic N) is 4. The zero-order valence-corrected chi connectivity index (χ0v) is 19.0. The van der Waals surface area contributed by atoms with Gasteiger partial charge < -0.3 is 10.1 Å². The minimum Gasteiger partial charge on any atom is -0.377 e. The van der Waals surface area contributed by atoms with Gasteiger partial charge in [0.25, 0.3) is 5.91 Å². The fourth-order valence-electron chi connectivity index (χ4n) is 3.35. The van der Waals surface area contributed by atoms with Crippen LogP contribution >= 0.6 is 11.6 Å². The first-order valence-corrected chi connectivity index (χ1v) is 11.9. The van der Waals surface area contributed by atoms with E-state index in [2.05, 4.69) is 25.6 Å². The van der Waals surface area contributed by atoms with Crippen LogP contribution in [0.5, 0.6) is 0 Å². The van der Waals surface area contributed by atoms with Crippen molar-refractivity contribution < 1.29 is 22.3 Å². The molecule has 1 atom stereocenters. The van der Waals surface area contributed by atoms with Gasteiger partial charge in [-0.15, -0.1) is 5.10 Å². The summed E-state index contributed by atoms with van der Waals surface area (Å²) in [4.78, 5) is 12.6. The van der Waals surface area contributed by atoms with E-state index in [-0.39, 0.29) is 39.5 Å². The highest BCUT2D eigenvalue weighted by atomic mass is 35.5. The van der Waals surface area contributed by atoms with Crippen molar-refractivity contribution >= 4 is 33.2 Å². The number of aryl methyl sites for hydroxylation is 1. The van der Waals surface area contributed by atoms with Gasteiger partial charge >= 0.3 is 0 Å². The van der Waals surface area contributed by atoms with Gasteiger partial charge in [0.05, 0.1) is 11.1 Å². The number of aromatic nitrogens is 4. The second kappa shape index (κ2) is 9.51. The summed E-state index contributed by atoms with van der Waals surface area (Å²) in [6.07, 6.45) is 1.45. The Morgan fingerprint density at radius 2 is 2.12 bits per heavy atom. The average molecular weight is 495 g/mol. The highest BCUT2D eigenvalue weighted by Crippen LogP contribution is 2.25. The van der Waals surface area contributed by atoms with E-state index in [0.717, 1.165) is 12.8 Å². The van der Waals surface area contributed by atoms with E-state index in [9.17, 15) is 17.6 Å². The molecule has 13 heteroatoms. The number of hydrogen-bond donors (Lipinski definition) is 2. The SMILES string of the molecule is Cc1nnnn1-c1cc(NC(=O)c2ccc(Cl)c(S(=O)(=O)NCC3CCCO3)c2)ccc1F. The molecule has 4 rings (SSSR count). The van der Waals surface area contributed by atoms with Crippen molar-refractivity contribution in [3.8, 4) is 5.69 Å². The summed E-state index contributed by atoms with van der Waals surface area (Å²) in [5.74, 6) is -0.825. The lowest BCUT2D eigenvalue weighted by Crippen LogP contribution is -2.32. The lowest BCUT2D eigenvalue weighted by Gasteiger charge is -2.13. The largest absolute Gasteiger partial charge is 0.377 e. The van der Waals surface area contributed by atoms with Crippen LogP contribution in [0.25, 0.3) is 5.69 Å². The molecule has 1 aromatic heterocycles. The number of carbonyl (C=O) groups excluding carboxylic acids is 1. The number of tetrazole rings is 1. The Morgan fingerprint density at radius 1 is 1.30 bits per heavy atom. The minimum atomic E-state index is -3.97. The lowest BCUT2D eigenvalue weighted by atomic mass is 10.2. The molecule has 0 aliphatic carbocycles. The maximum Gasteiger partial charge on any atom is 0.255 e. The van der Waals surface area contributed by atoms with Gasteiger partial charge in [0.1, 0.15) is 16.4 Å². The van der Waals surface area contributed by atoms with Crippen LogP contribution < -0.4 is 10.0 Å². The Balaban J connectivity index is 1.54. The van der Waals surface area contributed by atoms with Gasteiger partial charge in [-0.1, -0.05) is 11.6 Å². The first-order valence-electron chi connectivity index (χ1n) is 10.0. The smallest absolute Gasteiger partial charge is 0.255 e. The first kappa shape index (κ1) is 23.2. The molecule has 2 aromatic carbocycles. The molecule has 2 N–H and O–H groups in total. The standard InChI is InChI=1S/C20H20ClFN6O4S/c1-12-25-26-27-28(12)18-10-14(5-7-17(18)22)24-20(29)13-4-6-16(21)19(9-13)33(30,31)23-11-15-3-2-8-32-15/h4-7,9-10,15,23H,2-3,8,11H2,1H3,(H,24,29). The van der Waals surface area contributed by atoms with Crippen LogP contribution in [0, 0.1) is 12.7 Å². The maximum absolute atomic E-state index is 14.3. The molecule has 10 nitrogen and oxygen atoms in total. The monoisotopic (exact) mass is 494 g/mol. The van der Waals surface area contributed by atoms with Crippen molar-refractivity contribution in [1.29, 1.82) is 0 Å². The number of nitrogens with one attached hydrogen (secondary N) is 2. The molecule has 1 fully saturated rings. The van der Waals surface area contributed by atoms with Gasteiger partial charge in [-0.2, -0.15) is 4.68 Å². The van der Waals surface area contributed by atoms with Crippen LogP contribution in [0.4, 0.5) is 10.1 Å². The number of amides is 1. The third kappa shape index (κ3) is 5.19. The van der Waals surface area contributed by atoms with Crippen molar-refractivity contribution in [3.05, 3.63) is 58.6 Å². The molecule has 0 bridgehead atoms. The third-order valence-electron chi connectivity index (χ3n) is 5.07. The van der Waals surface area contributed by atoms with Gasteiger partial charge in [-0.25, -0.2) is 17.5 Å². The van der Waals surface area contributed by atoms with E-state index in [4.69, 9.17) is 16.3 Å². The zero-order chi connectivity index (χ0) is 23.6. The molecule has 3 aromatic rings. The van der Waals surface area contributed by atoms with Crippen LogP contribution in [0.3, 0.4) is 0 Å². The van der Waals surface area contributed by atoms with E-state index >= 15 is 0 Å². The second-order valence-corrected chi connectivity index (χ2v) is 9.53. The van der Waals surface area contributed by atoms with Crippen molar-refractivity contribution in [2.45, 2.75) is 30.8 Å². The van der Waals surface area contributed by atoms with Crippen LogP contribution in [0.1, 0.15) is 29.0 Å². The normalized spacial score (nSPS) is 16.2. The number of benzene rings is 2. The van der Waals surface area contributed by atoms with Crippen LogP contribution in [0.15, 0.2) is 41.3 Å². The Morgan fingerprint density at radius 3 is 2.82 bits per heavy atom. The predicted octanol–water partition coefficient (Wildman–Crippen LogP) is 2.47. The van der Waals surface area contributed by atoms with E-state index in [0.29, 0.717) is 12.4 Å². The third-order valence-corrected chi connectivity index (χ3v) is 6.97. The first-order chi connectivity index (χ1) is 15.7. The molecule has 1 amide bonds. The topological polar surface area (TPSA) is 128 Å². The molecular weight excluding hydrogens is 475 g/mol. The highest BCUT2D eigenvalue weighted by molar-refractivity contribution is 7.89. The number of sulfonamides is 1. The molecule has 1 saturated heterocycles. The van der Waals surface area contributed by atoms with Crippen molar-refractivity contribution in [1.82, 2.24) is 24.9 Å². The van der Waals surface area contributed by atoms with Gasteiger partial charge in [-0.05, 0) is 66.6 Å². The van der Waals surface area contributed by atoms with Gasteiger partial charge in [-0.3, -0.25) is 4.79 Å². The number of ether oxygens (including phenoxy) is 1. The number of anilines is 1. The Kier molecular flexibility index (Phi) is 6.70. The van der Waals surface area contributed by atoms with E-state index < -0.39 is 21.7 Å². The molecule has 1 aliphatic rings. The fourth-order valence-corrected chi connectivity index (χ4v) is 4.94. The number of hydrogen-bond acceptors (Lipinski definition) is 7. The molecular formula is C20H20ClFN6O4S. The van der Waals surface area contributed by atoms with Crippen LogP contribution in [-0.2, 0) is 14.8 Å². The number of halogens is 2.